The molecule has 1 aliphatic carbocycles. The van der Waals surface area contributed by atoms with Gasteiger partial charge in [0, 0.05) is 0 Å². The van der Waals surface area contributed by atoms with Crippen LogP contribution in [-0.2, 0) is 0 Å². The first-order valence-electron chi connectivity index (χ1n) is 4.92. The molecule has 0 spiro atoms. The molecule has 2 N–H and O–H groups in total. The molecule has 1 saturated carbocycles. The first kappa shape index (κ1) is 10.0. The van der Waals surface area contributed by atoms with Crippen molar-refractivity contribution in [3.05, 3.63) is 0 Å². The van der Waals surface area contributed by atoms with Crippen LogP contribution in [0.3, 0.4) is 0 Å². The zero-order chi connectivity index (χ0) is 9.19. The maximum absolute atomic E-state index is 9.76. The van der Waals surface area contributed by atoms with Gasteiger partial charge in [-0.05, 0) is 32.6 Å². The van der Waals surface area contributed by atoms with Crippen LogP contribution in [0, 0.1) is 5.92 Å². The Morgan fingerprint density at radius 1 is 1.17 bits per heavy atom. The topological polar surface area (TPSA) is 40.5 Å². The average Bonchev–Trinajstić information content (AvgIpc) is 2.03. The highest BCUT2D eigenvalue weighted by molar-refractivity contribution is 4.84. The van der Waals surface area contributed by atoms with E-state index in [-0.39, 0.29) is 0 Å². The van der Waals surface area contributed by atoms with E-state index in [0.717, 1.165) is 12.8 Å². The normalized spacial score (nSPS) is 24.0. The summed E-state index contributed by atoms with van der Waals surface area (Å²) in [5.74, 6) is 0.318. The molecule has 0 aromatic rings. The highest BCUT2D eigenvalue weighted by Gasteiger charge is 2.32. The van der Waals surface area contributed by atoms with Crippen LogP contribution in [0.25, 0.3) is 0 Å². The standard InChI is InChI=1S/C10H20O2/c1-10(2,12)9(11)8-6-4-3-5-7-8/h8-9,11-12H,3-7H2,1-2H3/t9-/m0/s1. The number of aliphatic hydroxyl groups excluding tert-OH is 1. The van der Waals surface area contributed by atoms with E-state index in [9.17, 15) is 10.2 Å². The minimum atomic E-state index is -0.929. The van der Waals surface area contributed by atoms with Crippen LogP contribution < -0.4 is 0 Å². The Balaban J connectivity index is 2.45. The van der Waals surface area contributed by atoms with E-state index in [4.69, 9.17) is 0 Å². The molecule has 0 unspecified atom stereocenters. The van der Waals surface area contributed by atoms with Crippen LogP contribution in [0.5, 0.6) is 0 Å². The molecule has 2 heteroatoms. The second-order valence-electron chi connectivity index (χ2n) is 4.50. The van der Waals surface area contributed by atoms with Gasteiger partial charge in [-0.25, -0.2) is 0 Å². The highest BCUT2D eigenvalue weighted by atomic mass is 16.3. The molecule has 0 amide bonds. The SMILES string of the molecule is CC(C)(O)[C@@H](O)C1CCCCC1. The molecule has 12 heavy (non-hydrogen) atoms. The predicted molar refractivity (Wildman–Crippen MR) is 48.9 cm³/mol. The maximum Gasteiger partial charge on any atom is 0.0852 e. The largest absolute Gasteiger partial charge is 0.390 e. The summed E-state index contributed by atoms with van der Waals surface area (Å²) < 4.78 is 0. The Morgan fingerprint density at radius 3 is 2.08 bits per heavy atom. The summed E-state index contributed by atoms with van der Waals surface area (Å²) in [6.45, 7) is 3.37. The van der Waals surface area contributed by atoms with Crippen molar-refractivity contribution in [2.75, 3.05) is 0 Å². The van der Waals surface area contributed by atoms with Crippen LogP contribution in [0.15, 0.2) is 0 Å². The molecule has 0 aromatic carbocycles. The van der Waals surface area contributed by atoms with Crippen LogP contribution in [0.4, 0.5) is 0 Å². The molecule has 0 bridgehead atoms. The average molecular weight is 172 g/mol. The second kappa shape index (κ2) is 3.75. The van der Waals surface area contributed by atoms with Crippen molar-refractivity contribution < 1.29 is 10.2 Å². The van der Waals surface area contributed by atoms with Gasteiger partial charge in [-0.2, -0.15) is 0 Å². The summed E-state index contributed by atoms with van der Waals surface area (Å²) in [7, 11) is 0. The minimum absolute atomic E-state index is 0.318. The lowest BCUT2D eigenvalue weighted by atomic mass is 9.80. The summed E-state index contributed by atoms with van der Waals surface area (Å²) in [4.78, 5) is 0. The van der Waals surface area contributed by atoms with Gasteiger partial charge in [0.05, 0.1) is 11.7 Å². The van der Waals surface area contributed by atoms with E-state index in [2.05, 4.69) is 0 Å². The fourth-order valence-corrected chi connectivity index (χ4v) is 2.03. The number of hydrogen-bond donors (Lipinski definition) is 2. The van der Waals surface area contributed by atoms with E-state index in [0.29, 0.717) is 5.92 Å². The van der Waals surface area contributed by atoms with Gasteiger partial charge in [-0.3, -0.25) is 0 Å². The fraction of sp³-hybridized carbons (Fsp3) is 1.00. The molecule has 1 aliphatic rings. The predicted octanol–water partition coefficient (Wildman–Crippen LogP) is 1.70. The van der Waals surface area contributed by atoms with Crippen LogP contribution >= 0.6 is 0 Å². The minimum Gasteiger partial charge on any atom is -0.390 e. The van der Waals surface area contributed by atoms with E-state index in [1.54, 1.807) is 13.8 Å². The van der Waals surface area contributed by atoms with Gasteiger partial charge in [0.25, 0.3) is 0 Å². The van der Waals surface area contributed by atoms with Gasteiger partial charge < -0.3 is 10.2 Å². The van der Waals surface area contributed by atoms with Crippen molar-refractivity contribution in [1.29, 1.82) is 0 Å². The molecule has 1 fully saturated rings. The molecule has 0 saturated heterocycles. The zero-order valence-corrected chi connectivity index (χ0v) is 8.08. The zero-order valence-electron chi connectivity index (χ0n) is 8.08. The molecule has 1 rings (SSSR count). The third kappa shape index (κ3) is 2.46. The number of rotatable bonds is 2. The van der Waals surface area contributed by atoms with Crippen LogP contribution in [0.2, 0.25) is 0 Å². The van der Waals surface area contributed by atoms with Crippen molar-refractivity contribution in [2.45, 2.75) is 57.7 Å². The monoisotopic (exact) mass is 172 g/mol. The Labute approximate surface area is 74.6 Å². The molecular formula is C10H20O2. The van der Waals surface area contributed by atoms with E-state index >= 15 is 0 Å². The lowest BCUT2D eigenvalue weighted by Crippen LogP contribution is -2.42. The molecule has 0 aromatic heterocycles. The van der Waals surface area contributed by atoms with Gasteiger partial charge in [0.2, 0.25) is 0 Å². The smallest absolute Gasteiger partial charge is 0.0852 e. The fourth-order valence-electron chi connectivity index (χ4n) is 2.03. The molecule has 2 nitrogen and oxygen atoms in total. The Kier molecular flexibility index (Phi) is 3.13. The highest BCUT2D eigenvalue weighted by Crippen LogP contribution is 2.30. The number of aliphatic hydroxyl groups is 2. The summed E-state index contributed by atoms with van der Waals surface area (Å²) in [6, 6.07) is 0. The summed E-state index contributed by atoms with van der Waals surface area (Å²) in [6.07, 6.45) is 5.30. The quantitative estimate of drug-likeness (QED) is 0.665. The van der Waals surface area contributed by atoms with Gasteiger partial charge >= 0.3 is 0 Å². The van der Waals surface area contributed by atoms with Crippen molar-refractivity contribution in [3.8, 4) is 0 Å². The van der Waals surface area contributed by atoms with Crippen molar-refractivity contribution in [3.63, 3.8) is 0 Å². The molecule has 0 radical (unpaired) electrons. The van der Waals surface area contributed by atoms with Crippen LogP contribution in [-0.4, -0.2) is 21.9 Å². The van der Waals surface area contributed by atoms with Crippen LogP contribution in [0.1, 0.15) is 46.0 Å². The third-order valence-corrected chi connectivity index (χ3v) is 2.82. The van der Waals surface area contributed by atoms with E-state index in [1.807, 2.05) is 0 Å². The van der Waals surface area contributed by atoms with Gasteiger partial charge in [-0.15, -0.1) is 0 Å². The third-order valence-electron chi connectivity index (χ3n) is 2.82. The number of hydrogen-bond acceptors (Lipinski definition) is 2. The molecule has 0 aliphatic heterocycles. The van der Waals surface area contributed by atoms with Gasteiger partial charge in [-0.1, -0.05) is 19.3 Å². The Morgan fingerprint density at radius 2 is 1.67 bits per heavy atom. The summed E-state index contributed by atoms with van der Waals surface area (Å²) in [5.41, 5.74) is -0.929. The summed E-state index contributed by atoms with van der Waals surface area (Å²) in [5, 5.41) is 19.3. The molecule has 72 valence electrons. The van der Waals surface area contributed by atoms with Crippen molar-refractivity contribution >= 4 is 0 Å². The van der Waals surface area contributed by atoms with Gasteiger partial charge in [0.15, 0.2) is 0 Å². The maximum atomic E-state index is 9.76. The Hall–Kier alpha value is -0.0800. The molecule has 1 atom stereocenters. The second-order valence-corrected chi connectivity index (χ2v) is 4.50. The lowest BCUT2D eigenvalue weighted by Gasteiger charge is -2.34. The molecule has 0 heterocycles. The summed E-state index contributed by atoms with van der Waals surface area (Å²) >= 11 is 0. The Bertz CT molecular complexity index is 131. The first-order valence-corrected chi connectivity index (χ1v) is 4.92. The van der Waals surface area contributed by atoms with E-state index < -0.39 is 11.7 Å². The van der Waals surface area contributed by atoms with Gasteiger partial charge in [0.1, 0.15) is 0 Å². The van der Waals surface area contributed by atoms with Crippen molar-refractivity contribution in [1.82, 2.24) is 0 Å². The van der Waals surface area contributed by atoms with E-state index in [1.165, 1.54) is 19.3 Å². The first-order chi connectivity index (χ1) is 5.52. The lowest BCUT2D eigenvalue weighted by molar-refractivity contribution is -0.0833. The molecular weight excluding hydrogens is 152 g/mol. The van der Waals surface area contributed by atoms with Crippen molar-refractivity contribution in [2.24, 2.45) is 5.92 Å².